The summed E-state index contributed by atoms with van der Waals surface area (Å²) in [7, 11) is 7.51. The van der Waals surface area contributed by atoms with Gasteiger partial charge in [-0.2, -0.15) is 14.6 Å². The van der Waals surface area contributed by atoms with Crippen molar-refractivity contribution in [3.05, 3.63) is 26.3 Å². The van der Waals surface area contributed by atoms with Crippen molar-refractivity contribution in [1.29, 1.82) is 0 Å². The maximum Gasteiger partial charge on any atom is 0.566 e. The van der Waals surface area contributed by atoms with Crippen molar-refractivity contribution in [3.8, 4) is 0 Å². The number of imide groups is 1. The van der Waals surface area contributed by atoms with Crippen LogP contribution in [0.15, 0.2) is 26.3 Å². The fourth-order valence-electron chi connectivity index (χ4n) is 0.933. The fourth-order valence-corrected chi connectivity index (χ4v) is 0.933. The van der Waals surface area contributed by atoms with Gasteiger partial charge in [0.05, 0.1) is 14.2 Å². The highest BCUT2D eigenvalue weighted by atomic mass is 32.4. The van der Waals surface area contributed by atoms with E-state index in [1.54, 1.807) is 0 Å². The number of rotatable bonds is 3. The largest absolute Gasteiger partial charge is 0.566 e. The van der Waals surface area contributed by atoms with Crippen molar-refractivity contribution in [1.82, 2.24) is 5.06 Å². The Kier molecular flexibility index (Phi) is 84.6. The quantitative estimate of drug-likeness (QED) is 0.132. The molecule has 0 saturated carbocycles. The molecule has 1 saturated heterocycles. The van der Waals surface area contributed by atoms with Gasteiger partial charge in [0, 0.05) is 19.8 Å². The summed E-state index contributed by atoms with van der Waals surface area (Å²) in [6.07, 6.45) is -1.18. The van der Waals surface area contributed by atoms with Crippen LogP contribution in [0.4, 0.5) is 4.79 Å². The van der Waals surface area contributed by atoms with Crippen LogP contribution in [-0.2, 0) is 50.6 Å². The molecule has 0 aromatic carbocycles. The van der Waals surface area contributed by atoms with Crippen LogP contribution in [0, 0.1) is 0 Å². The van der Waals surface area contributed by atoms with Gasteiger partial charge in [0.2, 0.25) is 0 Å². The molecule has 31 heavy (non-hydrogen) atoms. The van der Waals surface area contributed by atoms with Gasteiger partial charge in [0.15, 0.2) is 7.57 Å². The smallest absolute Gasteiger partial charge is 0.299 e. The van der Waals surface area contributed by atoms with Crippen molar-refractivity contribution < 1.29 is 43.6 Å². The first-order valence-corrected chi connectivity index (χ1v) is 8.33. The van der Waals surface area contributed by atoms with Crippen molar-refractivity contribution in [2.75, 3.05) is 14.2 Å². The molecule has 10 nitrogen and oxygen atoms in total. The monoisotopic (exact) mass is 489 g/mol. The van der Waals surface area contributed by atoms with E-state index in [0.29, 0.717) is 12.3 Å². The maximum atomic E-state index is 10.9. The predicted molar refractivity (Wildman–Crippen MR) is 131 cm³/mol. The van der Waals surface area contributed by atoms with Gasteiger partial charge in [-0.1, -0.05) is 61.2 Å². The molecule has 0 aliphatic carbocycles. The zero-order chi connectivity index (χ0) is 21.5. The zero-order valence-corrected chi connectivity index (χ0v) is 16.5. The molecule has 0 unspecified atom stereocenters. The number of carbonyl (C=O) groups is 4. The molecule has 1 rings (SSSR count). The van der Waals surface area contributed by atoms with E-state index in [1.165, 1.54) is 14.0 Å². The molecule has 13 heteroatoms. The lowest BCUT2D eigenvalue weighted by Gasteiger charge is -2.10. The second-order valence-corrected chi connectivity index (χ2v) is 3.86. The summed E-state index contributed by atoms with van der Waals surface area (Å²) in [5.74, 6) is -1.58. The molecule has 0 aromatic rings. The van der Waals surface area contributed by atoms with Gasteiger partial charge in [-0.25, -0.2) is 4.79 Å². The Balaban J connectivity index is -0.0000000334. The third kappa shape index (κ3) is 42.8. The minimum atomic E-state index is -1.26. The van der Waals surface area contributed by atoms with E-state index in [1.807, 2.05) is 0 Å². The maximum absolute atomic E-state index is 10.9. The number of carbonyl (C=O) groups excluding carboxylic acids is 4. The number of hydroxylamine groups is 2. The lowest BCUT2D eigenvalue weighted by atomic mass is 10.4. The molecule has 0 aromatic heterocycles. The lowest BCUT2D eigenvalue weighted by molar-refractivity contribution is -0.252. The van der Waals surface area contributed by atoms with Crippen molar-refractivity contribution in [2.45, 2.75) is 56.9 Å². The van der Waals surface area contributed by atoms with Gasteiger partial charge < -0.3 is 0 Å². The van der Waals surface area contributed by atoms with Crippen LogP contribution in [0.5, 0.6) is 0 Å². The first-order valence-electron chi connectivity index (χ1n) is 6.36. The summed E-state index contributed by atoms with van der Waals surface area (Å²) in [6, 6.07) is 0. The van der Waals surface area contributed by atoms with E-state index in [9.17, 15) is 19.2 Å². The Morgan fingerprint density at radius 1 is 0.903 bits per heavy atom. The molecule has 1 heterocycles. The lowest BCUT2D eigenvalue weighted by Crippen LogP contribution is -2.32. The molecule has 2 amide bonds. The van der Waals surface area contributed by atoms with Gasteiger partial charge in [-0.05, 0) is 0 Å². The predicted octanol–water partition coefficient (Wildman–Crippen LogP) is 5.14. The molecule has 186 valence electrons. The Morgan fingerprint density at radius 2 is 1.19 bits per heavy atom. The van der Waals surface area contributed by atoms with Gasteiger partial charge in [0.25, 0.3) is 11.8 Å². The van der Waals surface area contributed by atoms with E-state index in [2.05, 4.69) is 70.1 Å². The third-order valence-corrected chi connectivity index (χ3v) is 1.52. The highest BCUT2D eigenvalue weighted by Crippen LogP contribution is 2.12. The van der Waals surface area contributed by atoms with E-state index in [4.69, 9.17) is 0 Å². The Labute approximate surface area is 196 Å². The van der Waals surface area contributed by atoms with E-state index >= 15 is 0 Å². The number of hydrogen-bond acceptors (Lipinski definition) is 10. The van der Waals surface area contributed by atoms with Crippen LogP contribution in [-0.4, -0.2) is 50.8 Å². The Bertz CT molecular complexity index is 426. The van der Waals surface area contributed by atoms with E-state index < -0.39 is 23.9 Å². The second kappa shape index (κ2) is 46.2. The number of hydrogen-bond donors (Lipinski definition) is 0. The van der Waals surface area contributed by atoms with Crippen LogP contribution in [0.3, 0.4) is 0 Å². The van der Waals surface area contributed by atoms with E-state index in [-0.39, 0.29) is 50.0 Å². The summed E-state index contributed by atoms with van der Waals surface area (Å²) in [5, 5.41) is 0.362. The molecule has 0 spiro atoms. The number of amides is 2. The zero-order valence-electron chi connectivity index (χ0n) is 14.8. The summed E-state index contributed by atoms with van der Waals surface area (Å²) in [6.45, 7) is 13.3. The topological polar surface area (TPSA) is 118 Å². The minimum absolute atomic E-state index is 0. The molecular weight excluding hydrogens is 448 g/mol. The van der Waals surface area contributed by atoms with Gasteiger partial charge >= 0.3 is 12.1 Å². The van der Waals surface area contributed by atoms with Crippen LogP contribution >= 0.6 is 7.23 Å². The molecule has 1 fully saturated rings. The summed E-state index contributed by atoms with van der Waals surface area (Å²) < 4.78 is 0. The Morgan fingerprint density at radius 3 is 1.39 bits per heavy atom. The summed E-state index contributed by atoms with van der Waals surface area (Å²) in [4.78, 5) is 61.9. The van der Waals surface area contributed by atoms with Crippen LogP contribution < -0.4 is 0 Å². The minimum Gasteiger partial charge on any atom is -0.299 e. The van der Waals surface area contributed by atoms with Crippen molar-refractivity contribution in [3.63, 3.8) is 0 Å². The molecule has 0 atom stereocenters. The normalized spacial score (nSPS) is 9.19. The van der Waals surface area contributed by atoms with Crippen molar-refractivity contribution in [2.24, 2.45) is 0 Å². The number of nitrogens with zero attached hydrogens (tertiary/aromatic N) is 1. The highest BCUT2D eigenvalue weighted by Gasteiger charge is 2.33. The fraction of sp³-hybridized carbons (Fsp3) is 0.556. The van der Waals surface area contributed by atoms with Crippen LogP contribution in [0.2, 0.25) is 0 Å². The van der Waals surface area contributed by atoms with Crippen LogP contribution in [0.1, 0.15) is 56.9 Å². The first-order chi connectivity index (χ1) is 12.3. The molecule has 1 aliphatic heterocycles. The standard InChI is InChI=1S/C6H7NO6.C3H6O3.2C2H4.5CH4.BPS/c1-11-13-6(10)12-7-4(8)2-3-5(7)9;1-3(4)6-5-2;2*1-2;;;;;;1-2-3/h2-3H2,1H3;1-2H3;2*1-2H2;5*1H4;. The molecule has 0 bridgehead atoms. The summed E-state index contributed by atoms with van der Waals surface area (Å²) in [5.41, 5.74) is 0. The van der Waals surface area contributed by atoms with Gasteiger partial charge in [-0.3, -0.25) is 24.2 Å². The Hall–Kier alpha value is -2.14. The second-order valence-electron chi connectivity index (χ2n) is 3.02. The SMILES string of the molecule is C.C.C.C.C.C=C.C=C.COOC(=O)ON1C(=O)CCC1=O.COOC(C)=O.[B]P=S. The van der Waals surface area contributed by atoms with Gasteiger partial charge in [0.1, 0.15) is 0 Å². The van der Waals surface area contributed by atoms with E-state index in [0.717, 1.165) is 7.11 Å². The average Bonchev–Trinajstić information content (AvgIpc) is 2.92. The third-order valence-electron chi connectivity index (χ3n) is 1.52. The van der Waals surface area contributed by atoms with Gasteiger partial charge in [-0.15, -0.1) is 26.3 Å². The molecule has 0 N–H and O–H groups in total. The molecule has 2 radical (unpaired) electrons. The highest BCUT2D eigenvalue weighted by molar-refractivity contribution is 8.07. The summed E-state index contributed by atoms with van der Waals surface area (Å²) >= 11 is 4.14. The van der Waals surface area contributed by atoms with Crippen LogP contribution in [0.25, 0.3) is 0 Å². The van der Waals surface area contributed by atoms with Crippen molar-refractivity contribution >= 4 is 50.5 Å². The molecule has 1 aliphatic rings. The first kappa shape index (κ1) is 56.8. The average molecular weight is 489 g/mol. The molecular formula is C18H41BNO9PS.